The quantitative estimate of drug-likeness (QED) is 0.247. The van der Waals surface area contributed by atoms with Crippen LogP contribution in [0.25, 0.3) is 23.0 Å². The van der Waals surface area contributed by atoms with Gasteiger partial charge in [0.25, 0.3) is 11.8 Å². The molecule has 2 heterocycles. The zero-order valence-corrected chi connectivity index (χ0v) is 20.8. The van der Waals surface area contributed by atoms with Crippen LogP contribution in [0.5, 0.6) is 0 Å². The van der Waals surface area contributed by atoms with Crippen molar-refractivity contribution in [3.05, 3.63) is 83.1 Å². The number of likely N-dealkylation sites (N-methyl/N-ethyl adjacent to an activating group) is 1. The first-order valence-corrected chi connectivity index (χ1v) is 12.5. The third-order valence-electron chi connectivity index (χ3n) is 5.81. The van der Waals surface area contributed by atoms with Gasteiger partial charge in [0.05, 0.1) is 11.4 Å². The zero-order chi connectivity index (χ0) is 24.9. The first kappa shape index (κ1) is 24.2. The van der Waals surface area contributed by atoms with E-state index in [-0.39, 0.29) is 12.1 Å². The lowest BCUT2D eigenvalue weighted by atomic mass is 9.93. The van der Waals surface area contributed by atoms with Crippen LogP contribution in [0.3, 0.4) is 0 Å². The molecule has 1 aliphatic rings. The highest BCUT2D eigenvalue weighted by molar-refractivity contribution is 7.99. The van der Waals surface area contributed by atoms with E-state index in [9.17, 15) is 14.9 Å². The minimum atomic E-state index is -0.546. The van der Waals surface area contributed by atoms with Crippen molar-refractivity contribution in [3.63, 3.8) is 0 Å². The molecule has 0 aliphatic carbocycles. The number of aromatic nitrogens is 2. The van der Waals surface area contributed by atoms with Crippen LogP contribution in [0.4, 0.5) is 0 Å². The fourth-order valence-corrected chi connectivity index (χ4v) is 4.70. The van der Waals surface area contributed by atoms with Gasteiger partial charge < -0.3 is 0 Å². The van der Waals surface area contributed by atoms with Gasteiger partial charge >= 0.3 is 0 Å². The number of benzene rings is 2. The summed E-state index contributed by atoms with van der Waals surface area (Å²) in [6.45, 7) is 5.72. The van der Waals surface area contributed by atoms with Gasteiger partial charge in [-0.2, -0.15) is 10.4 Å². The number of thioether (sulfide) groups is 1. The fourth-order valence-electron chi connectivity index (χ4n) is 3.93. The van der Waals surface area contributed by atoms with Crippen molar-refractivity contribution in [2.45, 2.75) is 32.1 Å². The van der Waals surface area contributed by atoms with Crippen molar-refractivity contribution in [1.82, 2.24) is 14.7 Å². The maximum Gasteiger partial charge on any atom is 0.271 e. The maximum atomic E-state index is 13.2. The van der Waals surface area contributed by atoms with Crippen LogP contribution in [-0.2, 0) is 9.59 Å². The number of rotatable bonds is 7. The molecule has 2 aromatic carbocycles. The third-order valence-corrected chi connectivity index (χ3v) is 7.02. The van der Waals surface area contributed by atoms with Crippen molar-refractivity contribution < 1.29 is 9.59 Å². The molecule has 0 unspecified atom stereocenters. The van der Waals surface area contributed by atoms with E-state index in [0.29, 0.717) is 16.8 Å². The highest BCUT2D eigenvalue weighted by atomic mass is 32.2. The summed E-state index contributed by atoms with van der Waals surface area (Å²) in [6, 6.07) is 19.9. The van der Waals surface area contributed by atoms with Gasteiger partial charge in [-0.05, 0) is 61.9 Å². The maximum absolute atomic E-state index is 13.2. The highest BCUT2D eigenvalue weighted by Gasteiger charge is 2.34. The number of hydrogen-bond donors (Lipinski definition) is 0. The number of hydrogen-bond acceptors (Lipinski definition) is 5. The normalized spacial score (nSPS) is 15.1. The molecule has 176 valence electrons. The van der Waals surface area contributed by atoms with Crippen LogP contribution < -0.4 is 0 Å². The Kier molecular flexibility index (Phi) is 7.33. The van der Waals surface area contributed by atoms with Crippen molar-refractivity contribution >= 4 is 29.7 Å². The van der Waals surface area contributed by atoms with Crippen molar-refractivity contribution in [1.29, 1.82) is 5.26 Å². The van der Waals surface area contributed by atoms with E-state index in [1.807, 2.05) is 66.5 Å². The van der Waals surface area contributed by atoms with Gasteiger partial charge in [-0.3, -0.25) is 14.5 Å². The molecule has 1 aromatic heterocycles. The Morgan fingerprint density at radius 1 is 1.03 bits per heavy atom. The van der Waals surface area contributed by atoms with E-state index in [2.05, 4.69) is 19.1 Å². The van der Waals surface area contributed by atoms with Crippen LogP contribution in [0, 0.1) is 11.3 Å². The van der Waals surface area contributed by atoms with Crippen LogP contribution >= 0.6 is 11.8 Å². The largest absolute Gasteiger partial charge is 0.274 e. The standard InChI is InChI=1S/C28H26N4O2S/c1-4-15-35-23-13-11-20(12-14-23)26-21(18-32(30-26)22-9-7-6-8-10-22)16-24-19(3)25(17-29)28(34)31(5-2)27(24)33/h6-14,16,18H,4-5,15H2,1-3H3. The molecule has 0 fully saturated rings. The molecule has 0 spiro atoms. The molecule has 3 aromatic rings. The average Bonchev–Trinajstić information content (AvgIpc) is 3.31. The van der Waals surface area contributed by atoms with Crippen molar-refractivity contribution in [3.8, 4) is 23.0 Å². The van der Waals surface area contributed by atoms with Crippen LogP contribution in [-0.4, -0.2) is 38.8 Å². The molecule has 6 nitrogen and oxygen atoms in total. The second-order valence-corrected chi connectivity index (χ2v) is 9.28. The lowest BCUT2D eigenvalue weighted by molar-refractivity contribution is -0.140. The fraction of sp³-hybridized carbons (Fsp3) is 0.214. The third kappa shape index (κ3) is 4.84. The number of para-hydroxylation sites is 1. The van der Waals surface area contributed by atoms with E-state index >= 15 is 0 Å². The van der Waals surface area contributed by atoms with E-state index in [1.165, 1.54) is 4.90 Å². The number of nitrogens with zero attached hydrogens (tertiary/aromatic N) is 4. The van der Waals surface area contributed by atoms with Gasteiger partial charge in [0, 0.05) is 34.3 Å². The molecule has 35 heavy (non-hydrogen) atoms. The monoisotopic (exact) mass is 482 g/mol. The van der Waals surface area contributed by atoms with Crippen LogP contribution in [0.1, 0.15) is 32.8 Å². The Bertz CT molecular complexity index is 1360. The minimum Gasteiger partial charge on any atom is -0.274 e. The molecule has 2 amide bonds. The molecule has 7 heteroatoms. The summed E-state index contributed by atoms with van der Waals surface area (Å²) < 4.78 is 1.78. The van der Waals surface area contributed by atoms with Gasteiger partial charge in [-0.15, -0.1) is 11.8 Å². The summed E-state index contributed by atoms with van der Waals surface area (Å²) in [5.74, 6) is 0.106. The molecule has 0 saturated heterocycles. The minimum absolute atomic E-state index is 0.00740. The van der Waals surface area contributed by atoms with E-state index in [4.69, 9.17) is 5.10 Å². The van der Waals surface area contributed by atoms with E-state index in [0.717, 1.165) is 33.9 Å². The summed E-state index contributed by atoms with van der Waals surface area (Å²) in [6.07, 6.45) is 4.72. The van der Waals surface area contributed by atoms with Crippen molar-refractivity contribution in [2.75, 3.05) is 12.3 Å². The first-order valence-electron chi connectivity index (χ1n) is 11.6. The SMILES string of the molecule is CCCSc1ccc(-c2nn(-c3ccccc3)cc2C=C2C(=O)N(CC)C(=O)C(C#N)=C2C)cc1. The number of amides is 2. The Labute approximate surface area is 209 Å². The first-order chi connectivity index (χ1) is 17.0. The lowest BCUT2D eigenvalue weighted by Gasteiger charge is -2.26. The smallest absolute Gasteiger partial charge is 0.271 e. The zero-order valence-electron chi connectivity index (χ0n) is 20.0. The predicted molar refractivity (Wildman–Crippen MR) is 139 cm³/mol. The number of imide groups is 1. The molecule has 4 rings (SSSR count). The Morgan fingerprint density at radius 2 is 1.74 bits per heavy atom. The summed E-state index contributed by atoms with van der Waals surface area (Å²) >= 11 is 1.81. The molecule has 1 aliphatic heterocycles. The summed E-state index contributed by atoms with van der Waals surface area (Å²) in [4.78, 5) is 28.0. The van der Waals surface area contributed by atoms with Gasteiger partial charge in [0.2, 0.25) is 0 Å². The Balaban J connectivity index is 1.86. The highest BCUT2D eigenvalue weighted by Crippen LogP contribution is 2.32. The predicted octanol–water partition coefficient (Wildman–Crippen LogP) is 5.65. The van der Waals surface area contributed by atoms with Crippen LogP contribution in [0.15, 0.2) is 82.4 Å². The van der Waals surface area contributed by atoms with Gasteiger partial charge in [-0.1, -0.05) is 37.3 Å². The second-order valence-electron chi connectivity index (χ2n) is 8.11. The summed E-state index contributed by atoms with van der Waals surface area (Å²) in [7, 11) is 0. The average molecular weight is 483 g/mol. The molecule has 0 radical (unpaired) electrons. The molecular weight excluding hydrogens is 456 g/mol. The molecule has 0 atom stereocenters. The molecular formula is C28H26N4O2S. The summed E-state index contributed by atoms with van der Waals surface area (Å²) in [5, 5.41) is 14.4. The Hall–Kier alpha value is -3.89. The van der Waals surface area contributed by atoms with E-state index < -0.39 is 11.8 Å². The van der Waals surface area contributed by atoms with E-state index in [1.54, 1.807) is 24.6 Å². The topological polar surface area (TPSA) is 79.0 Å². The lowest BCUT2D eigenvalue weighted by Crippen LogP contribution is -2.42. The number of nitriles is 1. The molecule has 0 N–H and O–H groups in total. The summed E-state index contributed by atoms with van der Waals surface area (Å²) in [5.41, 5.74) is 3.96. The number of carbonyl (C=O) groups excluding carboxylic acids is 2. The molecule has 0 bridgehead atoms. The van der Waals surface area contributed by atoms with Gasteiger partial charge in [-0.25, -0.2) is 4.68 Å². The van der Waals surface area contributed by atoms with Gasteiger partial charge in [0.1, 0.15) is 11.6 Å². The second kappa shape index (κ2) is 10.6. The van der Waals surface area contributed by atoms with Crippen molar-refractivity contribution in [2.24, 2.45) is 0 Å². The van der Waals surface area contributed by atoms with Gasteiger partial charge in [0.15, 0.2) is 0 Å². The Morgan fingerprint density at radius 3 is 2.37 bits per heavy atom. The van der Waals surface area contributed by atoms with Crippen LogP contribution in [0.2, 0.25) is 0 Å². The number of carbonyl (C=O) groups is 2. The molecule has 0 saturated carbocycles.